The number of unbranched alkanes of at least 4 members (excludes halogenated alkanes) is 3. The maximum Gasteiger partial charge on any atom is 0.136 e. The molecular formula is C11H20O. The molecule has 1 saturated carbocycles. The van der Waals surface area contributed by atoms with Crippen molar-refractivity contribution in [3.8, 4) is 0 Å². The maximum atomic E-state index is 11.4. The third-order valence-corrected chi connectivity index (χ3v) is 2.80. The molecule has 0 N–H and O–H groups in total. The molecule has 0 aliphatic heterocycles. The second-order valence-corrected chi connectivity index (χ2v) is 4.10. The minimum absolute atomic E-state index is 0.451. The van der Waals surface area contributed by atoms with Gasteiger partial charge in [0.1, 0.15) is 5.78 Å². The summed E-state index contributed by atoms with van der Waals surface area (Å²) in [7, 11) is 0. The van der Waals surface area contributed by atoms with Crippen molar-refractivity contribution >= 4 is 5.78 Å². The maximum absolute atomic E-state index is 11.4. The Labute approximate surface area is 75.5 Å². The Morgan fingerprint density at radius 1 is 1.33 bits per heavy atom. The molecule has 0 aromatic rings. The highest BCUT2D eigenvalue weighted by molar-refractivity contribution is 5.83. The summed E-state index contributed by atoms with van der Waals surface area (Å²) >= 11 is 0. The van der Waals surface area contributed by atoms with Crippen LogP contribution in [0, 0.1) is 11.8 Å². The fraction of sp³-hybridized carbons (Fsp3) is 0.909. The summed E-state index contributed by atoms with van der Waals surface area (Å²) in [6.45, 7) is 4.37. The molecule has 0 saturated heterocycles. The number of hydrogen-bond donors (Lipinski definition) is 0. The van der Waals surface area contributed by atoms with Gasteiger partial charge in [-0.05, 0) is 18.8 Å². The van der Waals surface area contributed by atoms with Crippen LogP contribution >= 0.6 is 0 Å². The number of Topliss-reactive ketones (excluding diaryl/α,β-unsaturated/α-hetero) is 1. The van der Waals surface area contributed by atoms with Crippen LogP contribution in [0.3, 0.4) is 0 Å². The summed E-state index contributed by atoms with van der Waals surface area (Å²) in [5.74, 6) is 1.67. The van der Waals surface area contributed by atoms with Gasteiger partial charge < -0.3 is 0 Å². The molecule has 12 heavy (non-hydrogen) atoms. The number of hydrogen-bond acceptors (Lipinski definition) is 1. The number of carbonyl (C=O) groups excluding carboxylic acids is 1. The molecular weight excluding hydrogens is 148 g/mol. The quantitative estimate of drug-likeness (QED) is 0.557. The van der Waals surface area contributed by atoms with Crippen LogP contribution in [0.15, 0.2) is 0 Å². The molecule has 1 nitrogen and oxygen atoms in total. The van der Waals surface area contributed by atoms with Crippen molar-refractivity contribution in [2.45, 2.75) is 52.4 Å². The predicted octanol–water partition coefficient (Wildman–Crippen LogP) is 3.18. The Morgan fingerprint density at radius 2 is 2.00 bits per heavy atom. The summed E-state index contributed by atoms with van der Waals surface area (Å²) < 4.78 is 0. The van der Waals surface area contributed by atoms with Gasteiger partial charge in [-0.25, -0.2) is 0 Å². The first kappa shape index (κ1) is 9.76. The highest BCUT2D eigenvalue weighted by atomic mass is 16.1. The Balaban J connectivity index is 1.96. The molecule has 0 spiro atoms. The van der Waals surface area contributed by atoms with Gasteiger partial charge in [0.2, 0.25) is 0 Å². The van der Waals surface area contributed by atoms with Crippen LogP contribution in [-0.2, 0) is 4.79 Å². The average molecular weight is 168 g/mol. The van der Waals surface area contributed by atoms with Gasteiger partial charge in [0.05, 0.1) is 0 Å². The lowest BCUT2D eigenvalue weighted by atomic mass is 10.1. The van der Waals surface area contributed by atoms with E-state index in [-0.39, 0.29) is 0 Å². The largest absolute Gasteiger partial charge is 0.299 e. The van der Waals surface area contributed by atoms with Crippen LogP contribution in [0.2, 0.25) is 0 Å². The standard InChI is InChI=1S/C11H20O/c1-3-4-5-6-7-11(12)10-8-9(10)2/h9-10H,3-8H2,1-2H3. The Morgan fingerprint density at radius 3 is 2.50 bits per heavy atom. The lowest BCUT2D eigenvalue weighted by Crippen LogP contribution is -2.01. The average Bonchev–Trinajstić information content (AvgIpc) is 2.76. The SMILES string of the molecule is CCCCCCC(=O)C1CC1C. The second kappa shape index (κ2) is 4.64. The Bertz CT molecular complexity index is 151. The highest BCUT2D eigenvalue weighted by Crippen LogP contribution is 2.39. The first-order valence-corrected chi connectivity index (χ1v) is 5.28. The van der Waals surface area contributed by atoms with E-state index in [0.717, 1.165) is 19.3 Å². The highest BCUT2D eigenvalue weighted by Gasteiger charge is 2.37. The van der Waals surface area contributed by atoms with Crippen molar-refractivity contribution in [2.75, 3.05) is 0 Å². The van der Waals surface area contributed by atoms with E-state index in [2.05, 4.69) is 13.8 Å². The number of ketones is 1. The molecule has 0 radical (unpaired) electrons. The van der Waals surface area contributed by atoms with E-state index >= 15 is 0 Å². The van der Waals surface area contributed by atoms with E-state index in [1.807, 2.05) is 0 Å². The fourth-order valence-corrected chi connectivity index (χ4v) is 1.68. The van der Waals surface area contributed by atoms with Gasteiger partial charge in [0, 0.05) is 12.3 Å². The van der Waals surface area contributed by atoms with Crippen LogP contribution in [0.25, 0.3) is 0 Å². The molecule has 70 valence electrons. The molecule has 1 rings (SSSR count). The molecule has 2 atom stereocenters. The van der Waals surface area contributed by atoms with Gasteiger partial charge in [0.15, 0.2) is 0 Å². The molecule has 0 aromatic heterocycles. The summed E-state index contributed by atoms with van der Waals surface area (Å²) in [5.41, 5.74) is 0. The molecule has 1 fully saturated rings. The predicted molar refractivity (Wildman–Crippen MR) is 51.0 cm³/mol. The molecule has 2 unspecified atom stereocenters. The lowest BCUT2D eigenvalue weighted by molar-refractivity contribution is -0.120. The van der Waals surface area contributed by atoms with E-state index < -0.39 is 0 Å². The molecule has 0 amide bonds. The Kier molecular flexibility index (Phi) is 3.77. The summed E-state index contributed by atoms with van der Waals surface area (Å²) in [5, 5.41) is 0. The lowest BCUT2D eigenvalue weighted by Gasteiger charge is -1.98. The van der Waals surface area contributed by atoms with E-state index in [4.69, 9.17) is 0 Å². The molecule has 0 heterocycles. The van der Waals surface area contributed by atoms with Crippen molar-refractivity contribution in [3.05, 3.63) is 0 Å². The van der Waals surface area contributed by atoms with Crippen LogP contribution in [-0.4, -0.2) is 5.78 Å². The minimum atomic E-state index is 0.451. The number of rotatable bonds is 6. The summed E-state index contributed by atoms with van der Waals surface area (Å²) in [4.78, 5) is 11.4. The fourth-order valence-electron chi connectivity index (χ4n) is 1.68. The molecule has 0 bridgehead atoms. The zero-order chi connectivity index (χ0) is 8.97. The van der Waals surface area contributed by atoms with Crippen molar-refractivity contribution in [3.63, 3.8) is 0 Å². The molecule has 1 aliphatic rings. The topological polar surface area (TPSA) is 17.1 Å². The Hall–Kier alpha value is -0.330. The van der Waals surface area contributed by atoms with Gasteiger partial charge in [0.25, 0.3) is 0 Å². The van der Waals surface area contributed by atoms with Gasteiger partial charge in [-0.15, -0.1) is 0 Å². The van der Waals surface area contributed by atoms with Crippen molar-refractivity contribution in [1.29, 1.82) is 0 Å². The van der Waals surface area contributed by atoms with Crippen molar-refractivity contribution < 1.29 is 4.79 Å². The smallest absolute Gasteiger partial charge is 0.136 e. The van der Waals surface area contributed by atoms with Crippen molar-refractivity contribution in [2.24, 2.45) is 11.8 Å². The van der Waals surface area contributed by atoms with E-state index in [1.54, 1.807) is 0 Å². The molecule has 0 aromatic carbocycles. The van der Waals surface area contributed by atoms with E-state index in [9.17, 15) is 4.79 Å². The van der Waals surface area contributed by atoms with Crippen LogP contribution in [0.1, 0.15) is 52.4 Å². The van der Waals surface area contributed by atoms with Gasteiger partial charge in [-0.3, -0.25) is 4.79 Å². The molecule has 1 aliphatic carbocycles. The molecule has 1 heteroatoms. The summed E-state index contributed by atoms with van der Waals surface area (Å²) in [6.07, 6.45) is 6.91. The van der Waals surface area contributed by atoms with Crippen molar-refractivity contribution in [1.82, 2.24) is 0 Å². The van der Waals surface area contributed by atoms with E-state index in [1.165, 1.54) is 19.3 Å². The second-order valence-electron chi connectivity index (χ2n) is 4.10. The van der Waals surface area contributed by atoms with Gasteiger partial charge in [-0.2, -0.15) is 0 Å². The monoisotopic (exact) mass is 168 g/mol. The third kappa shape index (κ3) is 2.96. The minimum Gasteiger partial charge on any atom is -0.299 e. The first-order valence-electron chi connectivity index (χ1n) is 5.28. The third-order valence-electron chi connectivity index (χ3n) is 2.80. The summed E-state index contributed by atoms with van der Waals surface area (Å²) in [6, 6.07) is 0. The van der Waals surface area contributed by atoms with E-state index in [0.29, 0.717) is 17.6 Å². The first-order chi connectivity index (χ1) is 5.75. The van der Waals surface area contributed by atoms with Crippen LogP contribution < -0.4 is 0 Å². The number of carbonyl (C=O) groups is 1. The zero-order valence-electron chi connectivity index (χ0n) is 8.31. The van der Waals surface area contributed by atoms with Gasteiger partial charge >= 0.3 is 0 Å². The van der Waals surface area contributed by atoms with Gasteiger partial charge in [-0.1, -0.05) is 33.1 Å². The van der Waals surface area contributed by atoms with Crippen LogP contribution in [0.4, 0.5) is 0 Å². The normalized spacial score (nSPS) is 27.2. The zero-order valence-corrected chi connectivity index (χ0v) is 8.31. The van der Waals surface area contributed by atoms with Crippen LogP contribution in [0.5, 0.6) is 0 Å².